The van der Waals surface area contributed by atoms with Crippen LogP contribution in [0.5, 0.6) is 5.75 Å². The largest absolute Gasteiger partial charge is 0.494 e. The summed E-state index contributed by atoms with van der Waals surface area (Å²) in [5, 5.41) is 13.6. The number of rotatable bonds is 11. The van der Waals surface area contributed by atoms with Crippen LogP contribution in [0.15, 0.2) is 54.3 Å². The molecule has 1 amide bonds. The standard InChI is InChI=1S/C23H26N6O2S/c1-2-3-12-31-18-8-6-17(7-9-18)23(30)24-10-11-29-22-20(15-28-29)21(26-16-27-22)25-14-19-5-4-13-32-19/h4-9,13,15-16H,2-3,10-12,14H2,1H3,(H,24,30)(H,25,26,27). The van der Waals surface area contributed by atoms with Gasteiger partial charge in [-0.1, -0.05) is 19.4 Å². The average molecular weight is 451 g/mol. The van der Waals surface area contributed by atoms with Gasteiger partial charge in [-0.25, -0.2) is 14.6 Å². The van der Waals surface area contributed by atoms with Crippen LogP contribution in [0.25, 0.3) is 11.0 Å². The van der Waals surface area contributed by atoms with E-state index in [0.29, 0.717) is 31.8 Å². The first-order chi connectivity index (χ1) is 15.7. The van der Waals surface area contributed by atoms with Gasteiger partial charge in [-0.05, 0) is 42.1 Å². The lowest BCUT2D eigenvalue weighted by Crippen LogP contribution is -2.27. The van der Waals surface area contributed by atoms with E-state index in [2.05, 4.69) is 44.1 Å². The zero-order chi connectivity index (χ0) is 22.2. The second-order valence-electron chi connectivity index (χ2n) is 7.24. The number of nitrogens with zero attached hydrogens (tertiary/aromatic N) is 4. The Morgan fingerprint density at radius 2 is 2.06 bits per heavy atom. The predicted octanol–water partition coefficient (Wildman–Crippen LogP) is 4.11. The van der Waals surface area contributed by atoms with Gasteiger partial charge in [-0.3, -0.25) is 4.79 Å². The van der Waals surface area contributed by atoms with Crippen LogP contribution in [-0.2, 0) is 13.1 Å². The van der Waals surface area contributed by atoms with E-state index < -0.39 is 0 Å². The Hall–Kier alpha value is -3.46. The topological polar surface area (TPSA) is 94.0 Å². The van der Waals surface area contributed by atoms with Gasteiger partial charge in [0.1, 0.15) is 17.9 Å². The summed E-state index contributed by atoms with van der Waals surface area (Å²) in [5.41, 5.74) is 1.33. The molecule has 3 aromatic heterocycles. The Bertz CT molecular complexity index is 1140. The van der Waals surface area contributed by atoms with E-state index in [9.17, 15) is 4.79 Å². The number of carbonyl (C=O) groups is 1. The molecule has 8 nitrogen and oxygen atoms in total. The Balaban J connectivity index is 1.31. The lowest BCUT2D eigenvalue weighted by molar-refractivity contribution is 0.0952. The number of benzene rings is 1. The van der Waals surface area contributed by atoms with Crippen molar-refractivity contribution in [3.05, 3.63) is 64.7 Å². The maximum atomic E-state index is 12.4. The van der Waals surface area contributed by atoms with Crippen LogP contribution >= 0.6 is 11.3 Å². The summed E-state index contributed by atoms with van der Waals surface area (Å²) >= 11 is 1.70. The minimum Gasteiger partial charge on any atom is -0.494 e. The van der Waals surface area contributed by atoms with Crippen molar-refractivity contribution in [2.45, 2.75) is 32.9 Å². The van der Waals surface area contributed by atoms with Crippen molar-refractivity contribution in [2.24, 2.45) is 0 Å². The molecule has 0 atom stereocenters. The molecule has 166 valence electrons. The van der Waals surface area contributed by atoms with Gasteiger partial charge < -0.3 is 15.4 Å². The number of fused-ring (bicyclic) bond motifs is 1. The summed E-state index contributed by atoms with van der Waals surface area (Å²) in [6.07, 6.45) is 5.39. The number of hydrogen-bond donors (Lipinski definition) is 2. The van der Waals surface area contributed by atoms with Crippen molar-refractivity contribution >= 4 is 34.1 Å². The molecule has 0 spiro atoms. The summed E-state index contributed by atoms with van der Waals surface area (Å²) in [6, 6.07) is 11.3. The van der Waals surface area contributed by atoms with Gasteiger partial charge in [-0.15, -0.1) is 11.3 Å². The lowest BCUT2D eigenvalue weighted by Gasteiger charge is -2.08. The molecule has 0 aliphatic heterocycles. The maximum absolute atomic E-state index is 12.4. The SMILES string of the molecule is CCCCOc1ccc(C(=O)NCCn2ncc3c(NCc4cccs4)ncnc32)cc1. The van der Waals surface area contributed by atoms with Gasteiger partial charge in [0, 0.05) is 17.0 Å². The highest BCUT2D eigenvalue weighted by Crippen LogP contribution is 2.20. The Morgan fingerprint density at radius 3 is 2.84 bits per heavy atom. The molecule has 2 N–H and O–H groups in total. The number of carbonyl (C=O) groups excluding carboxylic acids is 1. The van der Waals surface area contributed by atoms with Gasteiger partial charge >= 0.3 is 0 Å². The fourth-order valence-electron chi connectivity index (χ4n) is 3.20. The summed E-state index contributed by atoms with van der Waals surface area (Å²) in [5.74, 6) is 1.40. The number of nitrogens with one attached hydrogen (secondary N) is 2. The fourth-order valence-corrected chi connectivity index (χ4v) is 3.84. The Kier molecular flexibility index (Phi) is 7.29. The van der Waals surface area contributed by atoms with E-state index in [4.69, 9.17) is 4.74 Å². The van der Waals surface area contributed by atoms with Crippen LogP contribution in [0, 0.1) is 0 Å². The van der Waals surface area contributed by atoms with Gasteiger partial charge in [-0.2, -0.15) is 5.10 Å². The number of thiophene rings is 1. The lowest BCUT2D eigenvalue weighted by atomic mass is 10.2. The van der Waals surface area contributed by atoms with E-state index in [1.807, 2.05) is 18.2 Å². The normalized spacial score (nSPS) is 10.9. The molecule has 0 aliphatic carbocycles. The molecule has 0 radical (unpaired) electrons. The average Bonchev–Trinajstić information content (AvgIpc) is 3.49. The quantitative estimate of drug-likeness (QED) is 0.334. The van der Waals surface area contributed by atoms with Crippen LogP contribution in [0.1, 0.15) is 35.0 Å². The molecule has 32 heavy (non-hydrogen) atoms. The maximum Gasteiger partial charge on any atom is 0.251 e. The highest BCUT2D eigenvalue weighted by atomic mass is 32.1. The molecule has 3 heterocycles. The number of hydrogen-bond acceptors (Lipinski definition) is 7. The third-order valence-electron chi connectivity index (χ3n) is 4.94. The van der Waals surface area contributed by atoms with Crippen molar-refractivity contribution in [3.63, 3.8) is 0 Å². The molecule has 0 fully saturated rings. The molecular weight excluding hydrogens is 424 g/mol. The molecular formula is C23H26N6O2S. The summed E-state index contributed by atoms with van der Waals surface area (Å²) in [6.45, 7) is 4.46. The van der Waals surface area contributed by atoms with Crippen LogP contribution < -0.4 is 15.4 Å². The van der Waals surface area contributed by atoms with Crippen LogP contribution in [-0.4, -0.2) is 38.8 Å². The first-order valence-corrected chi connectivity index (χ1v) is 11.6. The minimum atomic E-state index is -0.130. The first kappa shape index (κ1) is 21.8. The van der Waals surface area contributed by atoms with Crippen molar-refractivity contribution in [2.75, 3.05) is 18.5 Å². The number of ether oxygens (including phenoxy) is 1. The van der Waals surface area contributed by atoms with Crippen LogP contribution in [0.3, 0.4) is 0 Å². The highest BCUT2D eigenvalue weighted by Gasteiger charge is 2.11. The van der Waals surface area contributed by atoms with Crippen molar-refractivity contribution < 1.29 is 9.53 Å². The molecule has 0 aliphatic rings. The Labute approximate surface area is 190 Å². The molecule has 9 heteroatoms. The molecule has 0 unspecified atom stereocenters. The van der Waals surface area contributed by atoms with Gasteiger partial charge in [0.05, 0.1) is 31.3 Å². The molecule has 1 aromatic carbocycles. The molecule has 0 bridgehead atoms. The first-order valence-electron chi connectivity index (χ1n) is 10.7. The monoisotopic (exact) mass is 450 g/mol. The van der Waals surface area contributed by atoms with Crippen LogP contribution in [0.4, 0.5) is 5.82 Å². The Morgan fingerprint density at radius 1 is 1.19 bits per heavy atom. The zero-order valence-corrected chi connectivity index (χ0v) is 18.8. The molecule has 4 rings (SSSR count). The number of aromatic nitrogens is 4. The van der Waals surface area contributed by atoms with Crippen LogP contribution in [0.2, 0.25) is 0 Å². The molecule has 4 aromatic rings. The van der Waals surface area contributed by atoms with E-state index in [1.165, 1.54) is 11.2 Å². The van der Waals surface area contributed by atoms with E-state index in [1.54, 1.807) is 34.3 Å². The molecule has 0 saturated heterocycles. The second-order valence-corrected chi connectivity index (χ2v) is 8.27. The minimum absolute atomic E-state index is 0.130. The summed E-state index contributed by atoms with van der Waals surface area (Å²) < 4.78 is 7.42. The fraction of sp³-hybridized carbons (Fsp3) is 0.304. The third kappa shape index (κ3) is 5.42. The smallest absolute Gasteiger partial charge is 0.251 e. The van der Waals surface area contributed by atoms with Crippen molar-refractivity contribution in [1.29, 1.82) is 0 Å². The molecule has 0 saturated carbocycles. The predicted molar refractivity (Wildman–Crippen MR) is 126 cm³/mol. The zero-order valence-electron chi connectivity index (χ0n) is 18.0. The van der Waals surface area contributed by atoms with Crippen molar-refractivity contribution in [1.82, 2.24) is 25.1 Å². The number of unbranched alkanes of at least 4 members (excludes halogenated alkanes) is 1. The third-order valence-corrected chi connectivity index (χ3v) is 5.81. The second kappa shape index (κ2) is 10.7. The summed E-state index contributed by atoms with van der Waals surface area (Å²) in [7, 11) is 0. The van der Waals surface area contributed by atoms with Crippen molar-refractivity contribution in [3.8, 4) is 5.75 Å². The van der Waals surface area contributed by atoms with E-state index in [-0.39, 0.29) is 5.91 Å². The number of amides is 1. The highest BCUT2D eigenvalue weighted by molar-refractivity contribution is 7.09. The number of anilines is 1. The van der Waals surface area contributed by atoms with E-state index in [0.717, 1.165) is 35.4 Å². The van der Waals surface area contributed by atoms with Gasteiger partial charge in [0.25, 0.3) is 5.91 Å². The summed E-state index contributed by atoms with van der Waals surface area (Å²) in [4.78, 5) is 22.4. The van der Waals surface area contributed by atoms with Gasteiger partial charge in [0.15, 0.2) is 5.65 Å². The van der Waals surface area contributed by atoms with Gasteiger partial charge in [0.2, 0.25) is 0 Å². The van der Waals surface area contributed by atoms with E-state index >= 15 is 0 Å².